The van der Waals surface area contributed by atoms with Crippen LogP contribution in [-0.4, -0.2) is 33.9 Å². The predicted octanol–water partition coefficient (Wildman–Crippen LogP) is 5.23. The number of ether oxygens (including phenoxy) is 1. The summed E-state index contributed by atoms with van der Waals surface area (Å²) in [5.41, 5.74) is -1.22. The van der Waals surface area contributed by atoms with Crippen LogP contribution in [0.4, 0.5) is 20.3 Å². The average Bonchev–Trinajstić information content (AvgIpc) is 3.42. The number of aromatic nitrogens is 2. The van der Waals surface area contributed by atoms with Crippen molar-refractivity contribution in [2.75, 3.05) is 23.3 Å². The molecule has 1 aliphatic rings. The SMILES string of the molecule is O=C(Nc1ccc(OC(F)(F)Cl)cc1)c1cnc(N2CCCC2)c(-c2cnsc2)c1. The summed E-state index contributed by atoms with van der Waals surface area (Å²) in [6.07, 6.45) is 5.52. The number of alkyl halides is 3. The van der Waals surface area contributed by atoms with Gasteiger partial charge in [-0.05, 0) is 54.7 Å². The summed E-state index contributed by atoms with van der Waals surface area (Å²) in [5, 5.41) is 4.65. The zero-order chi connectivity index (χ0) is 21.1. The van der Waals surface area contributed by atoms with Gasteiger partial charge in [-0.2, -0.15) is 0 Å². The molecule has 1 N–H and O–H groups in total. The van der Waals surface area contributed by atoms with Gasteiger partial charge in [0.15, 0.2) is 0 Å². The molecule has 3 heterocycles. The van der Waals surface area contributed by atoms with Gasteiger partial charge in [0.05, 0.1) is 5.56 Å². The minimum Gasteiger partial charge on any atom is -0.420 e. The second-order valence-electron chi connectivity index (χ2n) is 6.73. The molecule has 0 unspecified atom stereocenters. The summed E-state index contributed by atoms with van der Waals surface area (Å²) in [6.45, 7) is 1.86. The van der Waals surface area contributed by atoms with Gasteiger partial charge in [-0.25, -0.2) is 9.36 Å². The van der Waals surface area contributed by atoms with E-state index in [4.69, 9.17) is 11.6 Å². The Labute approximate surface area is 180 Å². The van der Waals surface area contributed by atoms with E-state index in [-0.39, 0.29) is 11.7 Å². The molecular formula is C20H17ClF2N4O2S. The van der Waals surface area contributed by atoms with E-state index in [0.717, 1.165) is 42.9 Å². The maximum absolute atomic E-state index is 12.7. The summed E-state index contributed by atoms with van der Waals surface area (Å²) in [7, 11) is 0. The monoisotopic (exact) mass is 450 g/mol. The molecule has 2 aromatic heterocycles. The minimum absolute atomic E-state index is 0.114. The predicted molar refractivity (Wildman–Crippen MR) is 113 cm³/mol. The summed E-state index contributed by atoms with van der Waals surface area (Å²) < 4.78 is 33.8. The lowest BCUT2D eigenvalue weighted by Crippen LogP contribution is -2.21. The van der Waals surface area contributed by atoms with Crippen LogP contribution in [-0.2, 0) is 0 Å². The summed E-state index contributed by atoms with van der Waals surface area (Å²) in [5.74, 6) is 0.362. The maximum Gasteiger partial charge on any atom is 0.487 e. The fourth-order valence-corrected chi connectivity index (χ4v) is 3.88. The van der Waals surface area contributed by atoms with E-state index < -0.39 is 5.57 Å². The Morgan fingerprint density at radius 1 is 1.20 bits per heavy atom. The molecule has 3 aromatic rings. The number of hydrogen-bond donors (Lipinski definition) is 1. The highest BCUT2D eigenvalue weighted by molar-refractivity contribution is 7.03. The third kappa shape index (κ3) is 4.85. The van der Waals surface area contributed by atoms with Crippen molar-refractivity contribution in [3.8, 4) is 16.9 Å². The molecule has 1 amide bonds. The summed E-state index contributed by atoms with van der Waals surface area (Å²) in [4.78, 5) is 19.5. The molecule has 0 spiro atoms. The second kappa shape index (κ2) is 8.53. The lowest BCUT2D eigenvalue weighted by Gasteiger charge is -2.20. The second-order valence-corrected chi connectivity index (χ2v) is 7.83. The zero-order valence-corrected chi connectivity index (χ0v) is 17.2. The molecule has 10 heteroatoms. The zero-order valence-electron chi connectivity index (χ0n) is 15.6. The van der Waals surface area contributed by atoms with Crippen molar-refractivity contribution >= 4 is 40.5 Å². The van der Waals surface area contributed by atoms with E-state index in [9.17, 15) is 13.6 Å². The molecule has 4 rings (SSSR count). The molecule has 1 saturated heterocycles. The quantitative estimate of drug-likeness (QED) is 0.521. The Kier molecular flexibility index (Phi) is 5.83. The average molecular weight is 451 g/mol. The van der Waals surface area contributed by atoms with Crippen LogP contribution in [0.25, 0.3) is 11.1 Å². The van der Waals surface area contributed by atoms with E-state index >= 15 is 0 Å². The van der Waals surface area contributed by atoms with E-state index in [2.05, 4.69) is 24.3 Å². The highest BCUT2D eigenvalue weighted by Gasteiger charge is 2.27. The van der Waals surface area contributed by atoms with Crippen LogP contribution >= 0.6 is 23.1 Å². The van der Waals surface area contributed by atoms with Crippen molar-refractivity contribution in [2.24, 2.45) is 0 Å². The lowest BCUT2D eigenvalue weighted by atomic mass is 10.1. The molecule has 0 radical (unpaired) electrons. The van der Waals surface area contributed by atoms with Crippen LogP contribution in [0.2, 0.25) is 0 Å². The number of nitrogens with one attached hydrogen (secondary N) is 1. The maximum atomic E-state index is 12.7. The normalized spacial score (nSPS) is 14.0. The molecular weight excluding hydrogens is 434 g/mol. The highest BCUT2D eigenvalue weighted by Crippen LogP contribution is 2.33. The molecule has 0 bridgehead atoms. The van der Waals surface area contributed by atoms with Crippen LogP contribution in [0.3, 0.4) is 0 Å². The Bertz CT molecular complexity index is 1020. The fraction of sp³-hybridized carbons (Fsp3) is 0.250. The van der Waals surface area contributed by atoms with Crippen LogP contribution in [0.15, 0.2) is 48.1 Å². The number of benzene rings is 1. The number of amides is 1. The Hall–Kier alpha value is -2.78. The molecule has 0 aliphatic carbocycles. The molecule has 6 nitrogen and oxygen atoms in total. The van der Waals surface area contributed by atoms with Gasteiger partial charge in [-0.1, -0.05) is 0 Å². The van der Waals surface area contributed by atoms with Crippen molar-refractivity contribution < 1.29 is 18.3 Å². The summed E-state index contributed by atoms with van der Waals surface area (Å²) in [6, 6.07) is 7.29. The Morgan fingerprint density at radius 2 is 1.93 bits per heavy atom. The standard InChI is InChI=1S/C20H17ClF2N4O2S/c21-20(22,23)29-16-5-3-15(4-6-16)26-19(28)13-9-17(14-11-25-30-12-14)18(24-10-13)27-7-1-2-8-27/h3-6,9-12H,1-2,7-8H2,(H,26,28). The van der Waals surface area contributed by atoms with Gasteiger partial charge < -0.3 is 15.0 Å². The lowest BCUT2D eigenvalue weighted by molar-refractivity contribution is -0.0964. The number of nitrogens with zero attached hydrogens (tertiary/aromatic N) is 3. The van der Waals surface area contributed by atoms with Gasteiger partial charge in [-0.15, -0.1) is 8.78 Å². The largest absolute Gasteiger partial charge is 0.487 e. The first-order chi connectivity index (χ1) is 14.4. The van der Waals surface area contributed by atoms with E-state index in [1.54, 1.807) is 12.3 Å². The van der Waals surface area contributed by atoms with Crippen molar-refractivity contribution in [1.82, 2.24) is 9.36 Å². The van der Waals surface area contributed by atoms with E-state index in [0.29, 0.717) is 11.3 Å². The number of hydrogen-bond acceptors (Lipinski definition) is 6. The molecule has 30 heavy (non-hydrogen) atoms. The van der Waals surface area contributed by atoms with Gasteiger partial charge in [0.1, 0.15) is 11.6 Å². The van der Waals surface area contributed by atoms with Crippen molar-refractivity contribution in [1.29, 1.82) is 0 Å². The van der Waals surface area contributed by atoms with Gasteiger partial charge in [0, 0.05) is 59.3 Å². The molecule has 1 aliphatic heterocycles. The van der Waals surface area contributed by atoms with Crippen molar-refractivity contribution in [2.45, 2.75) is 18.4 Å². The highest BCUT2D eigenvalue weighted by atomic mass is 35.5. The number of anilines is 2. The summed E-state index contributed by atoms with van der Waals surface area (Å²) >= 11 is 6.09. The number of pyridine rings is 1. The Morgan fingerprint density at radius 3 is 2.57 bits per heavy atom. The van der Waals surface area contributed by atoms with Crippen LogP contribution < -0.4 is 15.0 Å². The van der Waals surface area contributed by atoms with Gasteiger partial charge >= 0.3 is 5.57 Å². The van der Waals surface area contributed by atoms with Crippen LogP contribution in [0, 0.1) is 0 Å². The molecule has 0 atom stereocenters. The first-order valence-corrected chi connectivity index (χ1v) is 10.4. The number of halogens is 3. The van der Waals surface area contributed by atoms with Crippen molar-refractivity contribution in [3.63, 3.8) is 0 Å². The fourth-order valence-electron chi connectivity index (χ4n) is 3.26. The smallest absolute Gasteiger partial charge is 0.420 e. The first-order valence-electron chi connectivity index (χ1n) is 9.21. The van der Waals surface area contributed by atoms with Gasteiger partial charge in [0.25, 0.3) is 5.91 Å². The third-order valence-electron chi connectivity index (χ3n) is 4.62. The topological polar surface area (TPSA) is 67.3 Å². The van der Waals surface area contributed by atoms with Gasteiger partial charge in [0.2, 0.25) is 0 Å². The number of carbonyl (C=O) groups excluding carboxylic acids is 1. The minimum atomic E-state index is -3.79. The van der Waals surface area contributed by atoms with Crippen LogP contribution in [0.1, 0.15) is 23.2 Å². The van der Waals surface area contributed by atoms with E-state index in [1.807, 2.05) is 5.38 Å². The number of rotatable bonds is 6. The number of carbonyl (C=O) groups is 1. The molecule has 1 aromatic carbocycles. The molecule has 156 valence electrons. The Balaban J connectivity index is 1.55. The molecule has 0 saturated carbocycles. The van der Waals surface area contributed by atoms with Crippen LogP contribution in [0.5, 0.6) is 5.75 Å². The van der Waals surface area contributed by atoms with E-state index in [1.165, 1.54) is 42.0 Å². The molecule has 1 fully saturated rings. The first kappa shape index (κ1) is 20.5. The van der Waals surface area contributed by atoms with Crippen molar-refractivity contribution in [3.05, 3.63) is 53.7 Å². The van der Waals surface area contributed by atoms with Gasteiger partial charge in [-0.3, -0.25) is 4.79 Å². The third-order valence-corrected chi connectivity index (χ3v) is 5.29.